The Morgan fingerprint density at radius 3 is 2.79 bits per heavy atom. The van der Waals surface area contributed by atoms with Gasteiger partial charge in [-0.15, -0.1) is 11.3 Å². The van der Waals surface area contributed by atoms with Gasteiger partial charge >= 0.3 is 6.03 Å². The zero-order chi connectivity index (χ0) is 14.3. The van der Waals surface area contributed by atoms with Gasteiger partial charge in [-0.25, -0.2) is 4.79 Å². The molecule has 19 heavy (non-hydrogen) atoms. The number of urea groups is 1. The molecule has 0 fully saturated rings. The molecule has 2 amide bonds. The number of hydrogen-bond acceptors (Lipinski definition) is 3. The number of thiophene rings is 1. The highest BCUT2D eigenvalue weighted by Crippen LogP contribution is 2.26. The van der Waals surface area contributed by atoms with Gasteiger partial charge in [0.15, 0.2) is 0 Å². The van der Waals surface area contributed by atoms with Crippen molar-refractivity contribution in [2.75, 3.05) is 13.2 Å². The predicted octanol–water partition coefficient (Wildman–Crippen LogP) is 2.49. The molecule has 5 heteroatoms. The van der Waals surface area contributed by atoms with E-state index in [1.807, 2.05) is 18.4 Å². The van der Waals surface area contributed by atoms with Crippen LogP contribution in [0.25, 0.3) is 0 Å². The van der Waals surface area contributed by atoms with Gasteiger partial charge < -0.3 is 15.7 Å². The first kappa shape index (κ1) is 16.0. The molecule has 0 aliphatic rings. The van der Waals surface area contributed by atoms with Gasteiger partial charge in [0.2, 0.25) is 0 Å². The Morgan fingerprint density at radius 1 is 1.53 bits per heavy atom. The second-order valence-corrected chi connectivity index (χ2v) is 6.25. The van der Waals surface area contributed by atoms with Gasteiger partial charge in [0, 0.05) is 29.5 Å². The molecule has 108 valence electrons. The first-order chi connectivity index (χ1) is 8.99. The summed E-state index contributed by atoms with van der Waals surface area (Å²) < 4.78 is 0. The summed E-state index contributed by atoms with van der Waals surface area (Å²) in [5, 5.41) is 16.7. The van der Waals surface area contributed by atoms with Crippen LogP contribution in [0, 0.1) is 0 Å². The van der Waals surface area contributed by atoms with Gasteiger partial charge in [0.25, 0.3) is 0 Å². The molecule has 0 radical (unpaired) electrons. The quantitative estimate of drug-likeness (QED) is 0.720. The van der Waals surface area contributed by atoms with E-state index < -0.39 is 0 Å². The van der Waals surface area contributed by atoms with Crippen LogP contribution in [-0.4, -0.2) is 30.3 Å². The van der Waals surface area contributed by atoms with E-state index in [0.717, 1.165) is 6.42 Å². The minimum absolute atomic E-state index is 0.0369. The minimum Gasteiger partial charge on any atom is -0.396 e. The third-order valence-corrected chi connectivity index (χ3v) is 4.42. The molecule has 0 aromatic carbocycles. The summed E-state index contributed by atoms with van der Waals surface area (Å²) in [7, 11) is 0. The van der Waals surface area contributed by atoms with E-state index in [4.69, 9.17) is 5.11 Å². The Labute approximate surface area is 119 Å². The van der Waals surface area contributed by atoms with E-state index in [0.29, 0.717) is 13.0 Å². The molecule has 0 aliphatic carbocycles. The average molecular weight is 284 g/mol. The minimum atomic E-state index is -0.162. The van der Waals surface area contributed by atoms with E-state index in [9.17, 15) is 4.79 Å². The fraction of sp³-hybridized carbons (Fsp3) is 0.643. The first-order valence-corrected chi connectivity index (χ1v) is 7.56. The van der Waals surface area contributed by atoms with Crippen LogP contribution in [0.2, 0.25) is 0 Å². The maximum atomic E-state index is 11.8. The average Bonchev–Trinajstić information content (AvgIpc) is 2.90. The Hall–Kier alpha value is -1.07. The van der Waals surface area contributed by atoms with Gasteiger partial charge in [-0.05, 0) is 24.3 Å². The molecule has 1 heterocycles. The number of hydrogen-bond donors (Lipinski definition) is 3. The molecular formula is C14H24N2O2S. The molecule has 3 N–H and O–H groups in total. The van der Waals surface area contributed by atoms with Gasteiger partial charge in [-0.3, -0.25) is 0 Å². The van der Waals surface area contributed by atoms with Crippen molar-refractivity contribution in [2.45, 2.75) is 45.1 Å². The number of amides is 2. The van der Waals surface area contributed by atoms with Gasteiger partial charge in [0.05, 0.1) is 0 Å². The van der Waals surface area contributed by atoms with E-state index in [1.165, 1.54) is 4.88 Å². The van der Waals surface area contributed by atoms with Gasteiger partial charge in [0.1, 0.15) is 0 Å². The van der Waals surface area contributed by atoms with Crippen LogP contribution in [0.3, 0.4) is 0 Å². The van der Waals surface area contributed by atoms with Crippen LogP contribution in [-0.2, 0) is 5.41 Å². The number of carbonyl (C=O) groups is 1. The SMILES string of the molecule is CCC(CCO)NC(=O)NCC(C)(C)c1cccs1. The van der Waals surface area contributed by atoms with Crippen molar-refractivity contribution in [1.29, 1.82) is 0 Å². The molecule has 0 bridgehead atoms. The standard InChI is InChI=1S/C14H24N2O2S/c1-4-11(7-8-17)16-13(18)15-10-14(2,3)12-6-5-9-19-12/h5-6,9,11,17H,4,7-8,10H2,1-3H3,(H2,15,16,18). The highest BCUT2D eigenvalue weighted by atomic mass is 32.1. The van der Waals surface area contributed by atoms with Crippen LogP contribution >= 0.6 is 11.3 Å². The second-order valence-electron chi connectivity index (χ2n) is 5.31. The molecule has 0 aliphatic heterocycles. The van der Waals surface area contributed by atoms with E-state index >= 15 is 0 Å². The molecule has 0 spiro atoms. The van der Waals surface area contributed by atoms with Crippen molar-refractivity contribution < 1.29 is 9.90 Å². The largest absolute Gasteiger partial charge is 0.396 e. The lowest BCUT2D eigenvalue weighted by atomic mass is 9.91. The van der Waals surface area contributed by atoms with Crippen LogP contribution in [0.1, 0.15) is 38.5 Å². The maximum absolute atomic E-state index is 11.8. The molecule has 1 rings (SSSR count). The third-order valence-electron chi connectivity index (χ3n) is 3.18. The predicted molar refractivity (Wildman–Crippen MR) is 79.7 cm³/mol. The number of aliphatic hydroxyl groups is 1. The van der Waals surface area contributed by atoms with Crippen LogP contribution < -0.4 is 10.6 Å². The third kappa shape index (κ3) is 5.20. The molecule has 4 nitrogen and oxygen atoms in total. The monoisotopic (exact) mass is 284 g/mol. The van der Waals surface area contributed by atoms with E-state index in [-0.39, 0.29) is 24.1 Å². The maximum Gasteiger partial charge on any atom is 0.315 e. The Bertz CT molecular complexity index is 377. The van der Waals surface area contributed by atoms with Gasteiger partial charge in [-0.2, -0.15) is 0 Å². The topological polar surface area (TPSA) is 61.4 Å². The summed E-state index contributed by atoms with van der Waals surface area (Å²) in [5.41, 5.74) is -0.0653. The normalized spacial score (nSPS) is 13.1. The Balaban J connectivity index is 2.41. The summed E-state index contributed by atoms with van der Waals surface area (Å²) in [6.07, 6.45) is 1.42. The second kappa shape index (κ2) is 7.50. The van der Waals surface area contributed by atoms with E-state index in [1.54, 1.807) is 11.3 Å². The summed E-state index contributed by atoms with van der Waals surface area (Å²) in [6, 6.07) is 3.99. The van der Waals surface area contributed by atoms with Crippen molar-refractivity contribution >= 4 is 17.4 Å². The molecule has 1 atom stereocenters. The number of rotatable bonds is 7. The number of carbonyl (C=O) groups excluding carboxylic acids is 1. The van der Waals surface area contributed by atoms with Gasteiger partial charge in [-0.1, -0.05) is 26.8 Å². The fourth-order valence-corrected chi connectivity index (χ4v) is 2.67. The van der Waals surface area contributed by atoms with Crippen LogP contribution in [0.4, 0.5) is 4.79 Å². The highest BCUT2D eigenvalue weighted by Gasteiger charge is 2.22. The highest BCUT2D eigenvalue weighted by molar-refractivity contribution is 7.10. The van der Waals surface area contributed by atoms with E-state index in [2.05, 4.69) is 30.5 Å². The number of nitrogens with one attached hydrogen (secondary N) is 2. The molecular weight excluding hydrogens is 260 g/mol. The fourth-order valence-electron chi connectivity index (χ4n) is 1.82. The lowest BCUT2D eigenvalue weighted by Gasteiger charge is -2.24. The zero-order valence-electron chi connectivity index (χ0n) is 11.9. The molecule has 1 unspecified atom stereocenters. The summed E-state index contributed by atoms with van der Waals surface area (Å²) in [5.74, 6) is 0. The van der Waals surface area contributed by atoms with Crippen LogP contribution in [0.15, 0.2) is 17.5 Å². The van der Waals surface area contributed by atoms with Crippen molar-refractivity contribution in [2.24, 2.45) is 0 Å². The Kier molecular flexibility index (Phi) is 6.31. The summed E-state index contributed by atoms with van der Waals surface area (Å²) in [6.45, 7) is 6.92. The molecule has 0 saturated heterocycles. The first-order valence-electron chi connectivity index (χ1n) is 6.68. The summed E-state index contributed by atoms with van der Waals surface area (Å²) in [4.78, 5) is 13.1. The lowest BCUT2D eigenvalue weighted by Crippen LogP contribution is -2.46. The summed E-state index contributed by atoms with van der Waals surface area (Å²) >= 11 is 1.70. The molecule has 1 aromatic heterocycles. The zero-order valence-corrected chi connectivity index (χ0v) is 12.7. The van der Waals surface area contributed by atoms with Crippen LogP contribution in [0.5, 0.6) is 0 Å². The Morgan fingerprint density at radius 2 is 2.26 bits per heavy atom. The lowest BCUT2D eigenvalue weighted by molar-refractivity contribution is 0.226. The number of aliphatic hydroxyl groups excluding tert-OH is 1. The van der Waals surface area contributed by atoms with Crippen molar-refractivity contribution in [1.82, 2.24) is 10.6 Å². The molecule has 1 aromatic rings. The molecule has 0 saturated carbocycles. The smallest absolute Gasteiger partial charge is 0.315 e. The van der Waals surface area contributed by atoms with Crippen molar-refractivity contribution in [3.8, 4) is 0 Å². The van der Waals surface area contributed by atoms with Crippen molar-refractivity contribution in [3.63, 3.8) is 0 Å². The van der Waals surface area contributed by atoms with Crippen molar-refractivity contribution in [3.05, 3.63) is 22.4 Å².